The van der Waals surface area contributed by atoms with Crippen molar-refractivity contribution in [1.29, 1.82) is 0 Å². The Kier molecular flexibility index (Phi) is 4.80. The Hall–Kier alpha value is -0.0800. The third-order valence-corrected chi connectivity index (χ3v) is 2.04. The van der Waals surface area contributed by atoms with Gasteiger partial charge in [0.1, 0.15) is 0 Å². The van der Waals surface area contributed by atoms with Gasteiger partial charge < -0.3 is 4.74 Å². The zero-order valence-electron chi connectivity index (χ0n) is 9.35. The lowest BCUT2D eigenvalue weighted by molar-refractivity contribution is -0.0656. The van der Waals surface area contributed by atoms with Crippen LogP contribution in [0.3, 0.4) is 0 Å². The maximum absolute atomic E-state index is 5.64. The normalized spacial score (nSPS) is 15.2. The molecule has 1 atom stereocenters. The first-order valence-corrected chi connectivity index (χ1v) is 4.71. The van der Waals surface area contributed by atoms with Crippen molar-refractivity contribution in [3.8, 4) is 0 Å². The second kappa shape index (κ2) is 4.83. The molecule has 0 amide bonds. The maximum atomic E-state index is 5.64. The summed E-state index contributed by atoms with van der Waals surface area (Å²) in [5.41, 5.74) is -0.0261. The van der Waals surface area contributed by atoms with E-state index in [0.717, 1.165) is 6.73 Å². The molecule has 74 valence electrons. The van der Waals surface area contributed by atoms with E-state index in [1.54, 1.807) is 0 Å². The zero-order chi connectivity index (χ0) is 9.78. The van der Waals surface area contributed by atoms with Crippen LogP contribution in [0.4, 0.5) is 0 Å². The minimum Gasteiger partial charge on any atom is -0.360 e. The molecule has 0 fully saturated rings. The molecule has 0 N–H and O–H groups in total. The van der Waals surface area contributed by atoms with Gasteiger partial charge in [0, 0.05) is 6.04 Å². The van der Waals surface area contributed by atoms with Crippen LogP contribution in [0.15, 0.2) is 0 Å². The van der Waals surface area contributed by atoms with Crippen molar-refractivity contribution in [1.82, 2.24) is 4.90 Å². The van der Waals surface area contributed by atoms with Crippen LogP contribution in [0.2, 0.25) is 0 Å². The molecule has 0 aliphatic rings. The molecule has 0 radical (unpaired) electrons. The highest BCUT2D eigenvalue weighted by atomic mass is 16.5. The molecule has 0 aliphatic heterocycles. The number of hydrogen-bond donors (Lipinski definition) is 0. The minimum atomic E-state index is -0.0261. The van der Waals surface area contributed by atoms with Crippen LogP contribution in [0.25, 0.3) is 0 Å². The fourth-order valence-electron chi connectivity index (χ4n) is 0.734. The number of ether oxygens (including phenoxy) is 1. The summed E-state index contributed by atoms with van der Waals surface area (Å²) in [5.74, 6) is 0. The number of rotatable bonds is 4. The summed E-state index contributed by atoms with van der Waals surface area (Å²) in [5, 5.41) is 0. The van der Waals surface area contributed by atoms with Crippen LogP contribution in [-0.2, 0) is 4.74 Å². The molecule has 0 spiro atoms. The topological polar surface area (TPSA) is 12.5 Å². The largest absolute Gasteiger partial charge is 0.360 e. The van der Waals surface area contributed by atoms with Crippen LogP contribution < -0.4 is 0 Å². The highest BCUT2D eigenvalue weighted by molar-refractivity contribution is 4.61. The van der Waals surface area contributed by atoms with E-state index in [0.29, 0.717) is 6.04 Å². The fourth-order valence-corrected chi connectivity index (χ4v) is 0.734. The average molecular weight is 173 g/mol. The summed E-state index contributed by atoms with van der Waals surface area (Å²) >= 11 is 0. The number of hydrogen-bond acceptors (Lipinski definition) is 2. The molecule has 1 unspecified atom stereocenters. The molecular formula is C10H23NO. The molecule has 12 heavy (non-hydrogen) atoms. The van der Waals surface area contributed by atoms with Crippen LogP contribution in [0.5, 0.6) is 0 Å². The first kappa shape index (κ1) is 11.9. The third kappa shape index (κ3) is 5.56. The van der Waals surface area contributed by atoms with Crippen molar-refractivity contribution < 1.29 is 4.74 Å². The molecule has 0 saturated carbocycles. The second-order valence-corrected chi connectivity index (χ2v) is 4.40. The molecule has 0 bridgehead atoms. The average Bonchev–Trinajstić information content (AvgIpc) is 1.97. The molecule has 0 rings (SSSR count). The molecule has 0 aromatic rings. The minimum absolute atomic E-state index is 0.0261. The molecule has 2 heteroatoms. The van der Waals surface area contributed by atoms with Gasteiger partial charge in [0.15, 0.2) is 0 Å². The molecule has 0 saturated heterocycles. The van der Waals surface area contributed by atoms with Crippen LogP contribution in [0, 0.1) is 0 Å². The summed E-state index contributed by atoms with van der Waals surface area (Å²) in [6, 6.07) is 0.604. The Morgan fingerprint density at radius 3 is 2.17 bits per heavy atom. The number of nitrogens with zero attached hydrogens (tertiary/aromatic N) is 1. The van der Waals surface area contributed by atoms with Gasteiger partial charge >= 0.3 is 0 Å². The molecule has 0 heterocycles. The Bertz CT molecular complexity index is 117. The summed E-state index contributed by atoms with van der Waals surface area (Å²) < 4.78 is 5.64. The van der Waals surface area contributed by atoms with Crippen LogP contribution in [-0.4, -0.2) is 30.3 Å². The lowest BCUT2D eigenvalue weighted by atomic mass is 10.2. The van der Waals surface area contributed by atoms with Gasteiger partial charge in [0.05, 0.1) is 12.3 Å². The van der Waals surface area contributed by atoms with Gasteiger partial charge in [-0.25, -0.2) is 0 Å². The van der Waals surface area contributed by atoms with Gasteiger partial charge in [-0.3, -0.25) is 4.90 Å². The van der Waals surface area contributed by atoms with Crippen molar-refractivity contribution in [3.63, 3.8) is 0 Å². The summed E-state index contributed by atoms with van der Waals surface area (Å²) in [6.45, 7) is 11.4. The molecule has 0 aliphatic carbocycles. The Morgan fingerprint density at radius 2 is 1.83 bits per heavy atom. The van der Waals surface area contributed by atoms with Gasteiger partial charge in [-0.05, 0) is 41.2 Å². The van der Waals surface area contributed by atoms with Crippen LogP contribution in [0.1, 0.15) is 41.0 Å². The molecule has 0 aromatic carbocycles. The van der Waals surface area contributed by atoms with Gasteiger partial charge in [-0.2, -0.15) is 0 Å². The van der Waals surface area contributed by atoms with Gasteiger partial charge in [0.25, 0.3) is 0 Å². The van der Waals surface area contributed by atoms with Crippen molar-refractivity contribution in [3.05, 3.63) is 0 Å². The maximum Gasteiger partial charge on any atom is 0.0997 e. The Labute approximate surface area is 76.9 Å². The first-order valence-electron chi connectivity index (χ1n) is 4.71. The predicted molar refractivity (Wildman–Crippen MR) is 53.2 cm³/mol. The van der Waals surface area contributed by atoms with E-state index in [-0.39, 0.29) is 5.60 Å². The summed E-state index contributed by atoms with van der Waals surface area (Å²) in [7, 11) is 2.10. The van der Waals surface area contributed by atoms with E-state index in [1.807, 2.05) is 0 Å². The predicted octanol–water partition coefficient (Wildman–Crippen LogP) is 2.49. The van der Waals surface area contributed by atoms with Gasteiger partial charge in [0.2, 0.25) is 0 Å². The van der Waals surface area contributed by atoms with Crippen molar-refractivity contribution in [2.45, 2.75) is 52.7 Å². The molecule has 0 aromatic heterocycles. The van der Waals surface area contributed by atoms with Crippen molar-refractivity contribution in [2.75, 3.05) is 13.8 Å². The SMILES string of the molecule is CCC(C)N(C)COC(C)(C)C. The van der Waals surface area contributed by atoms with Crippen LogP contribution >= 0.6 is 0 Å². The first-order chi connectivity index (χ1) is 5.37. The van der Waals surface area contributed by atoms with E-state index in [4.69, 9.17) is 4.74 Å². The van der Waals surface area contributed by atoms with Gasteiger partial charge in [-0.1, -0.05) is 6.92 Å². The second-order valence-electron chi connectivity index (χ2n) is 4.40. The monoisotopic (exact) mass is 173 g/mol. The highest BCUT2D eigenvalue weighted by Gasteiger charge is 2.13. The Morgan fingerprint density at radius 1 is 1.33 bits per heavy atom. The summed E-state index contributed by atoms with van der Waals surface area (Å²) in [4.78, 5) is 2.23. The fraction of sp³-hybridized carbons (Fsp3) is 1.00. The molecule has 2 nitrogen and oxygen atoms in total. The Balaban J connectivity index is 3.64. The quantitative estimate of drug-likeness (QED) is 0.606. The van der Waals surface area contributed by atoms with E-state index in [9.17, 15) is 0 Å². The van der Waals surface area contributed by atoms with E-state index >= 15 is 0 Å². The van der Waals surface area contributed by atoms with Crippen molar-refractivity contribution >= 4 is 0 Å². The van der Waals surface area contributed by atoms with E-state index < -0.39 is 0 Å². The highest BCUT2D eigenvalue weighted by Crippen LogP contribution is 2.08. The van der Waals surface area contributed by atoms with Crippen molar-refractivity contribution in [2.24, 2.45) is 0 Å². The summed E-state index contributed by atoms with van der Waals surface area (Å²) in [6.07, 6.45) is 1.17. The third-order valence-electron chi connectivity index (χ3n) is 2.04. The lowest BCUT2D eigenvalue weighted by Crippen LogP contribution is -2.34. The lowest BCUT2D eigenvalue weighted by Gasteiger charge is -2.28. The van der Waals surface area contributed by atoms with E-state index in [1.165, 1.54) is 6.42 Å². The standard InChI is InChI=1S/C10H23NO/c1-7-9(2)11(6)8-12-10(3,4)5/h9H,7-8H2,1-6H3. The zero-order valence-corrected chi connectivity index (χ0v) is 9.35. The molecular weight excluding hydrogens is 150 g/mol. The van der Waals surface area contributed by atoms with E-state index in [2.05, 4.69) is 46.6 Å². The van der Waals surface area contributed by atoms with Gasteiger partial charge in [-0.15, -0.1) is 0 Å². The smallest absolute Gasteiger partial charge is 0.0997 e.